The highest BCUT2D eigenvalue weighted by molar-refractivity contribution is 7.13. The van der Waals surface area contributed by atoms with Crippen LogP contribution in [0.4, 0.5) is 0 Å². The summed E-state index contributed by atoms with van der Waals surface area (Å²) in [4.78, 5) is 9.55. The molecule has 1 N–H and O–H groups in total. The highest BCUT2D eigenvalue weighted by Crippen LogP contribution is 2.35. The fraction of sp³-hybridized carbons (Fsp3) is 0.263. The van der Waals surface area contributed by atoms with E-state index in [1.807, 2.05) is 36.5 Å². The lowest BCUT2D eigenvalue weighted by Crippen LogP contribution is -2.27. The molecule has 3 nitrogen and oxygen atoms in total. The molecule has 5 heteroatoms. The first kappa shape index (κ1) is 15.8. The number of halogens is 1. The van der Waals surface area contributed by atoms with E-state index in [0.717, 1.165) is 47.2 Å². The smallest absolute Gasteiger partial charge is 0.125 e. The van der Waals surface area contributed by atoms with Crippen molar-refractivity contribution in [1.29, 1.82) is 0 Å². The first-order chi connectivity index (χ1) is 11.8. The summed E-state index contributed by atoms with van der Waals surface area (Å²) < 4.78 is 0. The molecule has 0 unspecified atom stereocenters. The second-order valence-corrected chi connectivity index (χ2v) is 7.30. The number of rotatable bonds is 3. The molecule has 0 saturated carbocycles. The quantitative estimate of drug-likeness (QED) is 0.719. The standard InChI is InChI=1S/C19H18ClN3S/c20-15-5-3-13(4-6-15)17-12-24-19(23-17)16-2-1-9-22-18(16)14-7-10-21-11-8-14/h1-6,9,12,14,21H,7-8,10-11H2. The molecule has 1 fully saturated rings. The van der Waals surface area contributed by atoms with E-state index in [1.165, 1.54) is 11.3 Å². The third-order valence-corrected chi connectivity index (χ3v) is 5.57. The molecule has 1 aromatic carbocycles. The molecule has 2 aromatic heterocycles. The van der Waals surface area contributed by atoms with E-state index >= 15 is 0 Å². The van der Waals surface area contributed by atoms with Crippen LogP contribution in [0.2, 0.25) is 5.02 Å². The molecule has 4 rings (SSSR count). The van der Waals surface area contributed by atoms with Crippen molar-refractivity contribution in [3.05, 3.63) is 58.7 Å². The predicted molar refractivity (Wildman–Crippen MR) is 101 cm³/mol. The number of hydrogen-bond donors (Lipinski definition) is 1. The second kappa shape index (κ2) is 7.01. The summed E-state index contributed by atoms with van der Waals surface area (Å²) in [5.41, 5.74) is 4.45. The van der Waals surface area contributed by atoms with E-state index in [4.69, 9.17) is 21.6 Å². The van der Waals surface area contributed by atoms with E-state index in [0.29, 0.717) is 5.92 Å². The van der Waals surface area contributed by atoms with E-state index in [2.05, 4.69) is 16.8 Å². The molecule has 3 aromatic rings. The van der Waals surface area contributed by atoms with Crippen molar-refractivity contribution in [2.45, 2.75) is 18.8 Å². The van der Waals surface area contributed by atoms with Crippen molar-refractivity contribution in [2.24, 2.45) is 0 Å². The van der Waals surface area contributed by atoms with Gasteiger partial charge in [-0.15, -0.1) is 11.3 Å². The first-order valence-corrected chi connectivity index (χ1v) is 9.44. The number of benzene rings is 1. The molecule has 0 spiro atoms. The van der Waals surface area contributed by atoms with Gasteiger partial charge in [-0.2, -0.15) is 0 Å². The number of nitrogens with zero attached hydrogens (tertiary/aromatic N) is 2. The van der Waals surface area contributed by atoms with Gasteiger partial charge in [0.25, 0.3) is 0 Å². The molecule has 0 radical (unpaired) electrons. The topological polar surface area (TPSA) is 37.8 Å². The predicted octanol–water partition coefficient (Wildman–Crippen LogP) is 4.99. The highest BCUT2D eigenvalue weighted by Gasteiger charge is 2.21. The summed E-state index contributed by atoms with van der Waals surface area (Å²) in [5, 5.41) is 7.32. The Kier molecular flexibility index (Phi) is 4.60. The number of aromatic nitrogens is 2. The Labute approximate surface area is 150 Å². The molecule has 1 aliphatic heterocycles. The minimum Gasteiger partial charge on any atom is -0.317 e. The Morgan fingerprint density at radius 2 is 1.88 bits per heavy atom. The first-order valence-electron chi connectivity index (χ1n) is 8.19. The van der Waals surface area contributed by atoms with Crippen molar-refractivity contribution >= 4 is 22.9 Å². The maximum atomic E-state index is 5.98. The summed E-state index contributed by atoms with van der Waals surface area (Å²) >= 11 is 7.66. The summed E-state index contributed by atoms with van der Waals surface area (Å²) in [6, 6.07) is 12.0. The molecule has 122 valence electrons. The Bertz CT molecular complexity index is 823. The van der Waals surface area contributed by atoms with Crippen molar-refractivity contribution in [3.63, 3.8) is 0 Å². The summed E-state index contributed by atoms with van der Waals surface area (Å²) in [6.45, 7) is 2.13. The summed E-state index contributed by atoms with van der Waals surface area (Å²) in [5.74, 6) is 0.519. The van der Waals surface area contributed by atoms with Crippen LogP contribution in [0.15, 0.2) is 48.0 Å². The van der Waals surface area contributed by atoms with Crippen LogP contribution in [0.1, 0.15) is 24.5 Å². The van der Waals surface area contributed by atoms with E-state index in [-0.39, 0.29) is 0 Å². The van der Waals surface area contributed by atoms with Crippen LogP contribution in [0.5, 0.6) is 0 Å². The van der Waals surface area contributed by atoms with Crippen LogP contribution in [0.25, 0.3) is 21.8 Å². The summed E-state index contributed by atoms with van der Waals surface area (Å²) in [6.07, 6.45) is 4.17. The van der Waals surface area contributed by atoms with Crippen molar-refractivity contribution < 1.29 is 0 Å². The van der Waals surface area contributed by atoms with Gasteiger partial charge in [-0.25, -0.2) is 4.98 Å². The molecule has 0 atom stereocenters. The Hall–Kier alpha value is -1.75. The number of thiazole rings is 1. The van der Waals surface area contributed by atoms with Gasteiger partial charge < -0.3 is 5.32 Å². The Morgan fingerprint density at radius 3 is 2.67 bits per heavy atom. The fourth-order valence-electron chi connectivity index (χ4n) is 3.17. The summed E-state index contributed by atoms with van der Waals surface area (Å²) in [7, 11) is 0. The fourth-order valence-corrected chi connectivity index (χ4v) is 4.16. The number of nitrogens with one attached hydrogen (secondary N) is 1. The molecule has 0 aliphatic carbocycles. The minimum absolute atomic E-state index is 0.519. The van der Waals surface area contributed by atoms with Crippen LogP contribution in [-0.2, 0) is 0 Å². The SMILES string of the molecule is Clc1ccc(-c2csc(-c3cccnc3C3CCNCC3)n2)cc1. The lowest BCUT2D eigenvalue weighted by Gasteiger charge is -2.23. The lowest BCUT2D eigenvalue weighted by atomic mass is 9.91. The second-order valence-electron chi connectivity index (χ2n) is 6.01. The Balaban J connectivity index is 1.68. The van der Waals surface area contributed by atoms with Gasteiger partial charge in [0.2, 0.25) is 0 Å². The molecule has 1 aliphatic rings. The van der Waals surface area contributed by atoms with E-state index in [1.54, 1.807) is 11.3 Å². The molecular weight excluding hydrogens is 338 g/mol. The molecular formula is C19H18ClN3S. The van der Waals surface area contributed by atoms with Crippen molar-refractivity contribution in [1.82, 2.24) is 15.3 Å². The number of pyridine rings is 1. The van der Waals surface area contributed by atoms with Crippen LogP contribution in [0.3, 0.4) is 0 Å². The molecule has 0 amide bonds. The zero-order chi connectivity index (χ0) is 16.4. The van der Waals surface area contributed by atoms with Crippen molar-refractivity contribution in [3.8, 4) is 21.8 Å². The van der Waals surface area contributed by atoms with E-state index < -0.39 is 0 Å². The van der Waals surface area contributed by atoms with Gasteiger partial charge in [0.15, 0.2) is 0 Å². The zero-order valence-corrected chi connectivity index (χ0v) is 14.8. The van der Waals surface area contributed by atoms with Crippen molar-refractivity contribution in [2.75, 3.05) is 13.1 Å². The molecule has 3 heterocycles. The molecule has 1 saturated heterocycles. The van der Waals surface area contributed by atoms with Gasteiger partial charge in [0.05, 0.1) is 11.4 Å². The maximum absolute atomic E-state index is 5.98. The van der Waals surface area contributed by atoms with Crippen LogP contribution in [-0.4, -0.2) is 23.1 Å². The third kappa shape index (κ3) is 3.22. The normalized spacial score (nSPS) is 15.5. The van der Waals surface area contributed by atoms with E-state index in [9.17, 15) is 0 Å². The van der Waals surface area contributed by atoms with Crippen LogP contribution in [0, 0.1) is 0 Å². The Morgan fingerprint density at radius 1 is 1.08 bits per heavy atom. The molecule has 0 bridgehead atoms. The average Bonchev–Trinajstić information content (AvgIpc) is 3.13. The van der Waals surface area contributed by atoms with Gasteiger partial charge in [-0.1, -0.05) is 23.7 Å². The minimum atomic E-state index is 0.519. The van der Waals surface area contributed by atoms with Gasteiger partial charge in [0, 0.05) is 33.6 Å². The number of piperidine rings is 1. The lowest BCUT2D eigenvalue weighted by molar-refractivity contribution is 0.454. The average molecular weight is 356 g/mol. The highest BCUT2D eigenvalue weighted by atomic mass is 35.5. The maximum Gasteiger partial charge on any atom is 0.125 e. The monoisotopic (exact) mass is 355 g/mol. The number of hydrogen-bond acceptors (Lipinski definition) is 4. The van der Waals surface area contributed by atoms with Gasteiger partial charge in [-0.3, -0.25) is 4.98 Å². The van der Waals surface area contributed by atoms with Crippen LogP contribution < -0.4 is 5.32 Å². The molecule has 24 heavy (non-hydrogen) atoms. The van der Waals surface area contributed by atoms with Gasteiger partial charge in [-0.05, 0) is 50.2 Å². The zero-order valence-electron chi connectivity index (χ0n) is 13.2. The largest absolute Gasteiger partial charge is 0.317 e. The third-order valence-electron chi connectivity index (χ3n) is 4.44. The van der Waals surface area contributed by atoms with Gasteiger partial charge >= 0.3 is 0 Å². The van der Waals surface area contributed by atoms with Gasteiger partial charge in [0.1, 0.15) is 5.01 Å². The van der Waals surface area contributed by atoms with Crippen LogP contribution >= 0.6 is 22.9 Å².